The minimum absolute atomic E-state index is 0.477. The van der Waals surface area contributed by atoms with E-state index < -0.39 is 0 Å². The molecule has 2 aliphatic carbocycles. The summed E-state index contributed by atoms with van der Waals surface area (Å²) in [5, 5.41) is 21.0. The molecule has 8 heteroatoms. The van der Waals surface area contributed by atoms with E-state index in [0.717, 1.165) is 49.6 Å². The predicted octanol–water partition coefficient (Wildman–Crippen LogP) is 5.24. The number of nitrogens with zero attached hydrogens (tertiary/aromatic N) is 3. The van der Waals surface area contributed by atoms with Gasteiger partial charge in [-0.15, -0.1) is 0 Å². The number of aromatic nitrogens is 2. The number of hydrogen-bond donors (Lipinski definition) is 3. The van der Waals surface area contributed by atoms with E-state index in [9.17, 15) is 5.26 Å². The first-order chi connectivity index (χ1) is 17.7. The van der Waals surface area contributed by atoms with Crippen molar-refractivity contribution < 1.29 is 4.74 Å². The van der Waals surface area contributed by atoms with Crippen molar-refractivity contribution in [2.45, 2.75) is 57.5 Å². The molecule has 5 rings (SSSR count). The molecule has 2 heterocycles. The maximum absolute atomic E-state index is 9.60. The van der Waals surface area contributed by atoms with Crippen LogP contribution in [0.3, 0.4) is 0 Å². The molecule has 0 radical (unpaired) electrons. The largest absolute Gasteiger partial charge is 0.381 e. The highest BCUT2D eigenvalue weighted by molar-refractivity contribution is 6.31. The summed E-state index contributed by atoms with van der Waals surface area (Å²) in [5.74, 6) is 3.97. The molecule has 1 saturated heterocycles. The number of nitriles is 1. The van der Waals surface area contributed by atoms with Gasteiger partial charge in [-0.2, -0.15) is 10.2 Å². The second-order valence-electron chi connectivity index (χ2n) is 10.7. The summed E-state index contributed by atoms with van der Waals surface area (Å²) in [6, 6.07) is 10.6. The van der Waals surface area contributed by atoms with Gasteiger partial charge in [0.2, 0.25) is 5.95 Å². The van der Waals surface area contributed by atoms with Crippen LogP contribution in [0.1, 0.15) is 56.1 Å². The molecule has 3 N–H and O–H groups in total. The number of halogens is 1. The monoisotopic (exact) mass is 508 g/mol. The van der Waals surface area contributed by atoms with E-state index >= 15 is 0 Å². The summed E-state index contributed by atoms with van der Waals surface area (Å²) in [6.45, 7) is 4.35. The van der Waals surface area contributed by atoms with Crippen molar-refractivity contribution in [3.63, 3.8) is 0 Å². The molecule has 0 spiro atoms. The van der Waals surface area contributed by atoms with E-state index in [1.807, 2.05) is 24.3 Å². The number of hydrogen-bond acceptors (Lipinski definition) is 7. The maximum Gasteiger partial charge on any atom is 0.224 e. The highest BCUT2D eigenvalue weighted by Gasteiger charge is 2.40. The van der Waals surface area contributed by atoms with Crippen LogP contribution in [0.15, 0.2) is 30.5 Å². The van der Waals surface area contributed by atoms with Gasteiger partial charge in [-0.25, -0.2) is 4.98 Å². The van der Waals surface area contributed by atoms with Gasteiger partial charge in [-0.3, -0.25) is 0 Å². The van der Waals surface area contributed by atoms with Crippen molar-refractivity contribution in [2.24, 2.45) is 23.7 Å². The molecule has 2 saturated carbocycles. The second kappa shape index (κ2) is 12.2. The minimum Gasteiger partial charge on any atom is -0.381 e. The molecule has 2 aromatic rings. The number of ether oxygens (including phenoxy) is 1. The number of fused-ring (bicyclic) bond motifs is 2. The Bertz CT molecular complexity index is 1040. The molecule has 3 aliphatic rings. The molecular formula is C28H37ClN6O. The normalized spacial score (nSPS) is 26.2. The lowest BCUT2D eigenvalue weighted by atomic mass is 9.64. The van der Waals surface area contributed by atoms with Crippen LogP contribution in [0.25, 0.3) is 0 Å². The van der Waals surface area contributed by atoms with Crippen molar-refractivity contribution in [1.82, 2.24) is 15.3 Å². The smallest absolute Gasteiger partial charge is 0.224 e. The van der Waals surface area contributed by atoms with Crippen molar-refractivity contribution in [3.05, 3.63) is 46.6 Å². The molecular weight excluding hydrogens is 472 g/mol. The van der Waals surface area contributed by atoms with Gasteiger partial charge in [0.1, 0.15) is 17.5 Å². The zero-order valence-electron chi connectivity index (χ0n) is 20.9. The fraction of sp³-hybridized carbons (Fsp3) is 0.607. The quantitative estimate of drug-likeness (QED) is 0.426. The van der Waals surface area contributed by atoms with Crippen LogP contribution in [-0.2, 0) is 11.3 Å². The van der Waals surface area contributed by atoms with Crippen molar-refractivity contribution in [3.8, 4) is 6.07 Å². The Morgan fingerprint density at radius 2 is 1.78 bits per heavy atom. The Labute approximate surface area is 219 Å². The Morgan fingerprint density at radius 1 is 1.00 bits per heavy atom. The van der Waals surface area contributed by atoms with E-state index in [4.69, 9.17) is 16.3 Å². The SMILES string of the molecule is N#Cc1cnc(NCc2ccccc2Cl)nc1NCC1C[C@H]2CCC[C@@H](C1)[C@@H]2NCC1CCOCC1. The van der Waals surface area contributed by atoms with Gasteiger partial charge >= 0.3 is 0 Å². The second-order valence-corrected chi connectivity index (χ2v) is 11.1. The third-order valence-corrected chi connectivity index (χ3v) is 8.65. The van der Waals surface area contributed by atoms with Crippen LogP contribution in [0.4, 0.5) is 11.8 Å². The Balaban J connectivity index is 1.16. The van der Waals surface area contributed by atoms with Crippen LogP contribution >= 0.6 is 11.6 Å². The molecule has 1 aromatic carbocycles. The van der Waals surface area contributed by atoms with Gasteiger partial charge in [0, 0.05) is 37.4 Å². The van der Waals surface area contributed by atoms with Crippen molar-refractivity contribution in [1.29, 1.82) is 5.26 Å². The summed E-state index contributed by atoms with van der Waals surface area (Å²) in [4.78, 5) is 8.94. The maximum atomic E-state index is 9.60. The van der Waals surface area contributed by atoms with Crippen LogP contribution in [-0.4, -0.2) is 42.3 Å². The lowest BCUT2D eigenvalue weighted by Crippen LogP contribution is -2.51. The third-order valence-electron chi connectivity index (χ3n) is 8.28. The molecule has 0 amide bonds. The van der Waals surface area contributed by atoms with E-state index in [1.54, 1.807) is 6.20 Å². The van der Waals surface area contributed by atoms with E-state index in [1.165, 1.54) is 44.9 Å². The third kappa shape index (κ3) is 6.29. The highest BCUT2D eigenvalue weighted by Crippen LogP contribution is 2.43. The fourth-order valence-electron chi connectivity index (χ4n) is 6.36. The summed E-state index contributed by atoms with van der Waals surface area (Å²) in [6.07, 6.45) is 10.5. The molecule has 1 aliphatic heterocycles. The molecule has 192 valence electrons. The lowest BCUT2D eigenvalue weighted by Gasteiger charge is -2.47. The molecule has 2 bridgehead atoms. The number of anilines is 2. The van der Waals surface area contributed by atoms with Crippen molar-refractivity contribution >= 4 is 23.4 Å². The molecule has 4 atom stereocenters. The van der Waals surface area contributed by atoms with Crippen LogP contribution < -0.4 is 16.0 Å². The topological polar surface area (TPSA) is 94.9 Å². The molecule has 36 heavy (non-hydrogen) atoms. The summed E-state index contributed by atoms with van der Waals surface area (Å²) in [7, 11) is 0. The lowest BCUT2D eigenvalue weighted by molar-refractivity contribution is 0.0527. The van der Waals surface area contributed by atoms with Gasteiger partial charge in [0.25, 0.3) is 0 Å². The molecule has 7 nitrogen and oxygen atoms in total. The van der Waals surface area contributed by atoms with Gasteiger partial charge in [0.15, 0.2) is 0 Å². The number of nitrogens with one attached hydrogen (secondary N) is 3. The van der Waals surface area contributed by atoms with E-state index in [2.05, 4.69) is 32.0 Å². The highest BCUT2D eigenvalue weighted by atomic mass is 35.5. The van der Waals surface area contributed by atoms with Gasteiger partial charge in [-0.05, 0) is 80.4 Å². The zero-order valence-corrected chi connectivity index (χ0v) is 21.6. The summed E-state index contributed by atoms with van der Waals surface area (Å²) < 4.78 is 5.53. The molecule has 3 fully saturated rings. The summed E-state index contributed by atoms with van der Waals surface area (Å²) >= 11 is 6.27. The fourth-order valence-corrected chi connectivity index (χ4v) is 6.56. The first-order valence-electron chi connectivity index (χ1n) is 13.5. The first-order valence-corrected chi connectivity index (χ1v) is 13.9. The van der Waals surface area contributed by atoms with Gasteiger partial charge in [-0.1, -0.05) is 36.2 Å². The standard InChI is InChI=1S/C28H37ClN6O/c29-25-7-2-1-4-23(25)17-33-28-34-18-24(14-30)27(35-28)32-16-20-12-21-5-3-6-22(13-20)26(21)31-15-19-8-10-36-11-9-19/h1-2,4,7,18-22,26,31H,3,5-6,8-13,15-17H2,(H2,32,33,34,35)/t20?,21-,22+,26-. The Hall–Kier alpha value is -2.40. The van der Waals surface area contributed by atoms with Crippen LogP contribution in [0, 0.1) is 35.0 Å². The molecule has 1 unspecified atom stereocenters. The first kappa shape index (κ1) is 25.3. The minimum atomic E-state index is 0.477. The van der Waals surface area contributed by atoms with E-state index in [0.29, 0.717) is 40.9 Å². The average molecular weight is 509 g/mol. The Kier molecular flexibility index (Phi) is 8.58. The van der Waals surface area contributed by atoms with Crippen LogP contribution in [0.5, 0.6) is 0 Å². The van der Waals surface area contributed by atoms with E-state index in [-0.39, 0.29) is 0 Å². The Morgan fingerprint density at radius 3 is 2.53 bits per heavy atom. The average Bonchev–Trinajstić information content (AvgIpc) is 2.90. The van der Waals surface area contributed by atoms with Crippen LogP contribution in [0.2, 0.25) is 5.02 Å². The van der Waals surface area contributed by atoms with Gasteiger partial charge in [0.05, 0.1) is 6.20 Å². The van der Waals surface area contributed by atoms with Gasteiger partial charge < -0.3 is 20.7 Å². The predicted molar refractivity (Wildman–Crippen MR) is 143 cm³/mol. The number of benzene rings is 1. The zero-order chi connectivity index (χ0) is 24.7. The molecule has 1 aromatic heterocycles. The number of rotatable bonds is 9. The van der Waals surface area contributed by atoms with Crippen molar-refractivity contribution in [2.75, 3.05) is 36.9 Å². The summed E-state index contributed by atoms with van der Waals surface area (Å²) in [5.41, 5.74) is 1.46.